The molecule has 31 heavy (non-hydrogen) atoms. The maximum absolute atomic E-state index is 12.4. The van der Waals surface area contributed by atoms with Crippen LogP contribution in [0.4, 0.5) is 28.8 Å². The fraction of sp³-hybridized carbons (Fsp3) is 0.0417. The molecule has 0 spiro atoms. The first-order chi connectivity index (χ1) is 15.0. The molecule has 0 aliphatic carbocycles. The number of benzene rings is 3. The van der Waals surface area contributed by atoms with Crippen LogP contribution >= 0.6 is 15.9 Å². The fourth-order valence-electron chi connectivity index (χ4n) is 2.93. The Morgan fingerprint density at radius 2 is 1.42 bits per heavy atom. The smallest absolute Gasteiger partial charge is 0.255 e. The average molecular weight is 474 g/mol. The quantitative estimate of drug-likeness (QED) is 0.306. The Morgan fingerprint density at radius 3 is 2.13 bits per heavy atom. The lowest BCUT2D eigenvalue weighted by atomic mass is 10.2. The van der Waals surface area contributed by atoms with Gasteiger partial charge in [0.15, 0.2) is 0 Å². The molecule has 0 saturated heterocycles. The van der Waals surface area contributed by atoms with Crippen LogP contribution in [0.1, 0.15) is 16.1 Å². The molecule has 0 aliphatic rings. The SMILES string of the molecule is Cc1cc(Nc2ccccc2)nc(Nc2ccc(NC(=O)c3ccc(Br)cc3)cc2)n1. The van der Waals surface area contributed by atoms with E-state index in [1.54, 1.807) is 12.1 Å². The summed E-state index contributed by atoms with van der Waals surface area (Å²) in [6.45, 7) is 1.92. The van der Waals surface area contributed by atoms with Crippen molar-refractivity contribution in [2.45, 2.75) is 6.92 Å². The van der Waals surface area contributed by atoms with Gasteiger partial charge >= 0.3 is 0 Å². The van der Waals surface area contributed by atoms with E-state index in [4.69, 9.17) is 0 Å². The molecule has 0 saturated carbocycles. The van der Waals surface area contributed by atoms with Gasteiger partial charge < -0.3 is 16.0 Å². The summed E-state index contributed by atoms with van der Waals surface area (Å²) in [5.74, 6) is 1.04. The van der Waals surface area contributed by atoms with Gasteiger partial charge in [0.05, 0.1) is 0 Å². The molecule has 3 aromatic carbocycles. The van der Waals surface area contributed by atoms with E-state index >= 15 is 0 Å². The monoisotopic (exact) mass is 473 g/mol. The van der Waals surface area contributed by atoms with Gasteiger partial charge in [-0.25, -0.2) is 4.98 Å². The van der Waals surface area contributed by atoms with Gasteiger partial charge in [0.25, 0.3) is 5.91 Å². The Kier molecular flexibility index (Phi) is 6.24. The second-order valence-electron chi connectivity index (χ2n) is 6.87. The second kappa shape index (κ2) is 9.40. The third kappa shape index (κ3) is 5.67. The van der Waals surface area contributed by atoms with Gasteiger partial charge in [-0.05, 0) is 67.6 Å². The maximum atomic E-state index is 12.4. The molecule has 154 valence electrons. The van der Waals surface area contributed by atoms with Crippen LogP contribution in [0.15, 0.2) is 89.4 Å². The van der Waals surface area contributed by atoms with E-state index in [1.807, 2.05) is 79.7 Å². The Labute approximate surface area is 188 Å². The Bertz CT molecular complexity index is 1180. The lowest BCUT2D eigenvalue weighted by Gasteiger charge is -2.11. The molecular weight excluding hydrogens is 454 g/mol. The first-order valence-corrected chi connectivity index (χ1v) is 10.5. The largest absolute Gasteiger partial charge is 0.340 e. The van der Waals surface area contributed by atoms with Crippen molar-refractivity contribution in [1.82, 2.24) is 9.97 Å². The number of rotatable bonds is 6. The number of amides is 1. The van der Waals surface area contributed by atoms with Crippen LogP contribution in [0.25, 0.3) is 0 Å². The molecule has 1 amide bonds. The normalized spacial score (nSPS) is 10.4. The number of carbonyl (C=O) groups is 1. The summed E-state index contributed by atoms with van der Waals surface area (Å²) in [7, 11) is 0. The highest BCUT2D eigenvalue weighted by molar-refractivity contribution is 9.10. The van der Waals surface area contributed by atoms with Crippen LogP contribution in [0, 0.1) is 6.92 Å². The Hall–Kier alpha value is -3.71. The van der Waals surface area contributed by atoms with Crippen molar-refractivity contribution in [3.63, 3.8) is 0 Å². The summed E-state index contributed by atoms with van der Waals surface area (Å²) in [4.78, 5) is 21.3. The molecule has 1 aromatic heterocycles. The van der Waals surface area contributed by atoms with Crippen molar-refractivity contribution in [2.24, 2.45) is 0 Å². The minimum atomic E-state index is -0.160. The van der Waals surface area contributed by atoms with Crippen molar-refractivity contribution in [3.05, 3.63) is 101 Å². The van der Waals surface area contributed by atoms with Crippen molar-refractivity contribution >= 4 is 50.7 Å². The highest BCUT2D eigenvalue weighted by atomic mass is 79.9. The number of halogens is 1. The van der Waals surface area contributed by atoms with Crippen molar-refractivity contribution in [1.29, 1.82) is 0 Å². The van der Waals surface area contributed by atoms with Gasteiger partial charge in [-0.15, -0.1) is 0 Å². The molecule has 0 bridgehead atoms. The molecule has 1 heterocycles. The molecular formula is C24H20BrN5O. The predicted molar refractivity (Wildman–Crippen MR) is 128 cm³/mol. The van der Waals surface area contributed by atoms with E-state index in [0.717, 1.165) is 21.5 Å². The molecule has 3 N–H and O–H groups in total. The van der Waals surface area contributed by atoms with E-state index in [2.05, 4.69) is 41.8 Å². The van der Waals surface area contributed by atoms with Crippen LogP contribution in [-0.2, 0) is 0 Å². The fourth-order valence-corrected chi connectivity index (χ4v) is 3.19. The van der Waals surface area contributed by atoms with Crippen LogP contribution in [0.2, 0.25) is 0 Å². The van der Waals surface area contributed by atoms with Gasteiger partial charge in [0, 0.05) is 38.9 Å². The molecule has 6 nitrogen and oxygen atoms in total. The van der Waals surface area contributed by atoms with E-state index in [9.17, 15) is 4.79 Å². The highest BCUT2D eigenvalue weighted by Gasteiger charge is 2.07. The van der Waals surface area contributed by atoms with Gasteiger partial charge in [0.2, 0.25) is 5.95 Å². The van der Waals surface area contributed by atoms with Crippen LogP contribution in [0.3, 0.4) is 0 Å². The molecule has 0 aliphatic heterocycles. The van der Waals surface area contributed by atoms with E-state index in [0.29, 0.717) is 23.0 Å². The number of hydrogen-bond acceptors (Lipinski definition) is 5. The summed E-state index contributed by atoms with van der Waals surface area (Å²) in [6, 6.07) is 26.4. The van der Waals surface area contributed by atoms with Crippen LogP contribution < -0.4 is 16.0 Å². The molecule has 0 unspecified atom stereocenters. The lowest BCUT2D eigenvalue weighted by Crippen LogP contribution is -2.11. The first kappa shape index (κ1) is 20.6. The lowest BCUT2D eigenvalue weighted by molar-refractivity contribution is 0.102. The van der Waals surface area contributed by atoms with Crippen molar-refractivity contribution in [3.8, 4) is 0 Å². The first-order valence-electron chi connectivity index (χ1n) is 9.67. The van der Waals surface area contributed by atoms with E-state index in [-0.39, 0.29) is 5.91 Å². The van der Waals surface area contributed by atoms with Gasteiger partial charge in [-0.3, -0.25) is 4.79 Å². The Morgan fingerprint density at radius 1 is 0.774 bits per heavy atom. The zero-order valence-corrected chi connectivity index (χ0v) is 18.3. The molecule has 0 atom stereocenters. The summed E-state index contributed by atoms with van der Waals surface area (Å²) in [6.07, 6.45) is 0. The second-order valence-corrected chi connectivity index (χ2v) is 7.79. The third-order valence-electron chi connectivity index (χ3n) is 4.41. The number of nitrogens with one attached hydrogen (secondary N) is 3. The number of nitrogens with zero attached hydrogens (tertiary/aromatic N) is 2. The summed E-state index contributed by atoms with van der Waals surface area (Å²) in [5, 5.41) is 9.38. The number of para-hydroxylation sites is 1. The summed E-state index contributed by atoms with van der Waals surface area (Å²) >= 11 is 3.37. The molecule has 7 heteroatoms. The molecule has 0 fully saturated rings. The van der Waals surface area contributed by atoms with Crippen LogP contribution in [-0.4, -0.2) is 15.9 Å². The molecule has 4 aromatic rings. The summed E-state index contributed by atoms with van der Waals surface area (Å²) < 4.78 is 0.931. The van der Waals surface area contributed by atoms with Gasteiger partial charge in [-0.2, -0.15) is 4.98 Å². The van der Waals surface area contributed by atoms with Gasteiger partial charge in [0.1, 0.15) is 5.82 Å². The van der Waals surface area contributed by atoms with E-state index < -0.39 is 0 Å². The Balaban J connectivity index is 1.43. The summed E-state index contributed by atoms with van der Waals surface area (Å²) in [5.41, 5.74) is 3.91. The predicted octanol–water partition coefficient (Wildman–Crippen LogP) is 6.29. The third-order valence-corrected chi connectivity index (χ3v) is 4.93. The van der Waals surface area contributed by atoms with Crippen molar-refractivity contribution < 1.29 is 4.79 Å². The average Bonchev–Trinajstić information content (AvgIpc) is 2.76. The minimum Gasteiger partial charge on any atom is -0.340 e. The number of aromatic nitrogens is 2. The topological polar surface area (TPSA) is 78.9 Å². The standard InChI is InChI=1S/C24H20BrN5O/c1-16-15-22(27-19-5-3-2-4-6-19)30-24(26-16)29-21-13-11-20(12-14-21)28-23(31)17-7-9-18(25)10-8-17/h2-15H,1H3,(H,28,31)(H2,26,27,29,30). The zero-order chi connectivity index (χ0) is 21.6. The number of anilines is 5. The maximum Gasteiger partial charge on any atom is 0.255 e. The number of carbonyl (C=O) groups excluding carboxylic acids is 1. The van der Waals surface area contributed by atoms with Crippen LogP contribution in [0.5, 0.6) is 0 Å². The molecule has 4 rings (SSSR count). The number of hydrogen-bond donors (Lipinski definition) is 3. The van der Waals surface area contributed by atoms with Gasteiger partial charge in [-0.1, -0.05) is 34.1 Å². The zero-order valence-electron chi connectivity index (χ0n) is 16.8. The molecule has 0 radical (unpaired) electrons. The van der Waals surface area contributed by atoms with E-state index in [1.165, 1.54) is 0 Å². The number of aryl methyl sites for hydroxylation is 1. The minimum absolute atomic E-state index is 0.160. The van der Waals surface area contributed by atoms with Crippen molar-refractivity contribution in [2.75, 3.05) is 16.0 Å². The highest BCUT2D eigenvalue weighted by Crippen LogP contribution is 2.21.